The molecule has 7 heteroatoms. The Morgan fingerprint density at radius 3 is 2.41 bits per heavy atom. The molecule has 1 unspecified atom stereocenters. The topological polar surface area (TPSA) is 95.7 Å². The monoisotopic (exact) mass is 395 g/mol. The highest BCUT2D eigenvalue weighted by Gasteiger charge is 2.30. The quantitative estimate of drug-likeness (QED) is 0.577. The van der Waals surface area contributed by atoms with Gasteiger partial charge in [-0.15, -0.1) is 0 Å². The molecule has 2 N–H and O–H groups in total. The van der Waals surface area contributed by atoms with E-state index in [0.717, 1.165) is 31.2 Å². The molecule has 0 radical (unpaired) electrons. The van der Waals surface area contributed by atoms with Crippen molar-refractivity contribution in [2.75, 3.05) is 18.0 Å². The lowest BCUT2D eigenvalue weighted by Crippen LogP contribution is -2.36. The van der Waals surface area contributed by atoms with Crippen LogP contribution in [0, 0.1) is 16.0 Å². The zero-order valence-corrected chi connectivity index (χ0v) is 16.2. The van der Waals surface area contributed by atoms with Crippen molar-refractivity contribution in [1.29, 1.82) is 0 Å². The lowest BCUT2D eigenvalue weighted by atomic mass is 9.87. The molecule has 1 amide bonds. The molecule has 2 aromatic rings. The Hall–Kier alpha value is -2.93. The Balaban J connectivity index is 1.46. The van der Waals surface area contributed by atoms with Gasteiger partial charge in [0.1, 0.15) is 5.69 Å². The van der Waals surface area contributed by atoms with E-state index in [2.05, 4.69) is 5.32 Å². The highest BCUT2D eigenvalue weighted by atomic mass is 16.6. The molecule has 1 heterocycles. The number of aliphatic hydroxyl groups excluding tert-OH is 1. The van der Waals surface area contributed by atoms with Crippen molar-refractivity contribution >= 4 is 17.3 Å². The van der Waals surface area contributed by atoms with E-state index in [9.17, 15) is 20.0 Å². The lowest BCUT2D eigenvalue weighted by Gasteiger charge is -2.35. The second-order valence-electron chi connectivity index (χ2n) is 7.89. The van der Waals surface area contributed by atoms with Crippen molar-refractivity contribution in [3.8, 4) is 0 Å². The van der Waals surface area contributed by atoms with E-state index < -0.39 is 11.0 Å². The van der Waals surface area contributed by atoms with Crippen LogP contribution in [0.5, 0.6) is 0 Å². The standard InChI is InChI=1S/C22H25N3O4/c26-21(15-4-2-1-3-5-15)16-10-12-24(13-11-16)19-9-6-17(14-20(19)25(28)29)22(27)23-18-7-8-18/h1-6,9,14,16,18,21,26H,7-8,10-13H2,(H,23,27). The van der Waals surface area contributed by atoms with E-state index in [4.69, 9.17) is 0 Å². The average Bonchev–Trinajstić information content (AvgIpc) is 3.57. The second-order valence-corrected chi connectivity index (χ2v) is 7.89. The number of aliphatic hydroxyl groups is 1. The van der Waals surface area contributed by atoms with Crippen LogP contribution in [0.15, 0.2) is 48.5 Å². The SMILES string of the molecule is O=C(NC1CC1)c1ccc(N2CCC(C(O)c3ccccc3)CC2)c([N+](=O)[O-])c1. The average molecular weight is 395 g/mol. The summed E-state index contributed by atoms with van der Waals surface area (Å²) in [5.41, 5.74) is 1.71. The summed E-state index contributed by atoms with van der Waals surface area (Å²) in [5, 5.41) is 25.2. The number of hydrogen-bond donors (Lipinski definition) is 2. The Morgan fingerprint density at radius 2 is 1.79 bits per heavy atom. The molecule has 1 aliphatic heterocycles. The summed E-state index contributed by atoms with van der Waals surface area (Å²) in [6, 6.07) is 14.5. The van der Waals surface area contributed by atoms with E-state index in [1.807, 2.05) is 35.2 Å². The smallest absolute Gasteiger partial charge is 0.293 e. The predicted octanol–water partition coefficient (Wildman–Crippen LogP) is 3.44. The first-order valence-electron chi connectivity index (χ1n) is 10.1. The summed E-state index contributed by atoms with van der Waals surface area (Å²) in [6.45, 7) is 1.26. The number of carbonyl (C=O) groups is 1. The summed E-state index contributed by atoms with van der Waals surface area (Å²) >= 11 is 0. The first-order valence-corrected chi connectivity index (χ1v) is 10.1. The van der Waals surface area contributed by atoms with Crippen LogP contribution in [-0.4, -0.2) is 35.1 Å². The van der Waals surface area contributed by atoms with Crippen LogP contribution in [0.1, 0.15) is 47.7 Å². The molecule has 29 heavy (non-hydrogen) atoms. The van der Waals surface area contributed by atoms with Crippen molar-refractivity contribution in [1.82, 2.24) is 5.32 Å². The normalized spacial score (nSPS) is 18.3. The van der Waals surface area contributed by atoms with Crippen LogP contribution < -0.4 is 10.2 Å². The number of amides is 1. The fourth-order valence-electron chi connectivity index (χ4n) is 3.95. The van der Waals surface area contributed by atoms with Gasteiger partial charge in [-0.1, -0.05) is 30.3 Å². The molecular formula is C22H25N3O4. The van der Waals surface area contributed by atoms with Gasteiger partial charge in [-0.05, 0) is 49.3 Å². The summed E-state index contributed by atoms with van der Waals surface area (Å²) < 4.78 is 0. The van der Waals surface area contributed by atoms with Crippen molar-refractivity contribution in [3.63, 3.8) is 0 Å². The van der Waals surface area contributed by atoms with Gasteiger partial charge in [0.25, 0.3) is 11.6 Å². The number of benzene rings is 2. The van der Waals surface area contributed by atoms with Crippen LogP contribution in [0.25, 0.3) is 0 Å². The zero-order chi connectivity index (χ0) is 20.4. The highest BCUT2D eigenvalue weighted by molar-refractivity contribution is 5.96. The van der Waals surface area contributed by atoms with Crippen molar-refractivity contribution in [2.45, 2.75) is 37.8 Å². The Kier molecular flexibility index (Phi) is 5.49. The third-order valence-corrected chi connectivity index (χ3v) is 5.81. The molecule has 7 nitrogen and oxygen atoms in total. The van der Waals surface area contributed by atoms with Crippen molar-refractivity contribution in [3.05, 3.63) is 69.8 Å². The summed E-state index contributed by atoms with van der Waals surface area (Å²) in [7, 11) is 0. The molecule has 0 aromatic heterocycles. The van der Waals surface area contributed by atoms with E-state index in [1.165, 1.54) is 6.07 Å². The summed E-state index contributed by atoms with van der Waals surface area (Å²) in [6.07, 6.45) is 2.90. The molecular weight excluding hydrogens is 370 g/mol. The molecule has 1 saturated heterocycles. The number of nitro groups is 1. The number of rotatable bonds is 6. The maximum atomic E-state index is 12.2. The van der Waals surface area contributed by atoms with Gasteiger partial charge >= 0.3 is 0 Å². The lowest BCUT2D eigenvalue weighted by molar-refractivity contribution is -0.384. The van der Waals surface area contributed by atoms with Crippen LogP contribution >= 0.6 is 0 Å². The minimum Gasteiger partial charge on any atom is -0.388 e. The molecule has 2 aromatic carbocycles. The molecule has 152 valence electrons. The van der Waals surface area contributed by atoms with E-state index >= 15 is 0 Å². The Labute approximate surface area is 169 Å². The van der Waals surface area contributed by atoms with Gasteiger partial charge < -0.3 is 15.3 Å². The number of nitrogens with one attached hydrogen (secondary N) is 1. The Morgan fingerprint density at radius 1 is 1.10 bits per heavy atom. The number of piperidine rings is 1. The summed E-state index contributed by atoms with van der Waals surface area (Å²) in [4.78, 5) is 25.4. The summed E-state index contributed by atoms with van der Waals surface area (Å²) in [5.74, 6) is -0.136. The van der Waals surface area contributed by atoms with E-state index in [1.54, 1.807) is 12.1 Å². The fraction of sp³-hybridized carbons (Fsp3) is 0.409. The van der Waals surface area contributed by atoms with Gasteiger partial charge in [-0.25, -0.2) is 0 Å². The largest absolute Gasteiger partial charge is 0.388 e. The van der Waals surface area contributed by atoms with Gasteiger partial charge in [0.05, 0.1) is 11.0 Å². The minimum atomic E-state index is -0.526. The van der Waals surface area contributed by atoms with Gasteiger partial charge in [-0.3, -0.25) is 14.9 Å². The van der Waals surface area contributed by atoms with Gasteiger partial charge in [-0.2, -0.15) is 0 Å². The number of carbonyl (C=O) groups excluding carboxylic acids is 1. The fourth-order valence-corrected chi connectivity index (χ4v) is 3.95. The Bertz CT molecular complexity index is 890. The first-order chi connectivity index (χ1) is 14.0. The number of nitrogens with zero attached hydrogens (tertiary/aromatic N) is 2. The number of hydrogen-bond acceptors (Lipinski definition) is 5. The molecule has 1 saturated carbocycles. The molecule has 0 bridgehead atoms. The van der Waals surface area contributed by atoms with E-state index in [-0.39, 0.29) is 23.6 Å². The first kappa shape index (κ1) is 19.4. The third kappa shape index (κ3) is 4.40. The van der Waals surface area contributed by atoms with Crippen LogP contribution in [0.4, 0.5) is 11.4 Å². The zero-order valence-electron chi connectivity index (χ0n) is 16.2. The van der Waals surface area contributed by atoms with Gasteiger partial charge in [0, 0.05) is 30.8 Å². The molecule has 1 atom stereocenters. The van der Waals surface area contributed by atoms with Crippen LogP contribution in [0.2, 0.25) is 0 Å². The van der Waals surface area contributed by atoms with Gasteiger partial charge in [0.2, 0.25) is 0 Å². The maximum Gasteiger partial charge on any atom is 0.293 e. The molecule has 2 fully saturated rings. The highest BCUT2D eigenvalue weighted by Crippen LogP contribution is 2.36. The third-order valence-electron chi connectivity index (χ3n) is 5.81. The minimum absolute atomic E-state index is 0.0458. The molecule has 0 spiro atoms. The van der Waals surface area contributed by atoms with E-state index in [0.29, 0.717) is 24.3 Å². The van der Waals surface area contributed by atoms with Crippen molar-refractivity contribution < 1.29 is 14.8 Å². The molecule has 4 rings (SSSR count). The van der Waals surface area contributed by atoms with Gasteiger partial charge in [0.15, 0.2) is 0 Å². The number of nitro benzene ring substituents is 1. The molecule has 2 aliphatic rings. The van der Waals surface area contributed by atoms with Crippen molar-refractivity contribution in [2.24, 2.45) is 5.92 Å². The van der Waals surface area contributed by atoms with Crippen LogP contribution in [-0.2, 0) is 0 Å². The second kappa shape index (κ2) is 8.21. The number of anilines is 1. The van der Waals surface area contributed by atoms with Crippen LogP contribution in [0.3, 0.4) is 0 Å². The maximum absolute atomic E-state index is 12.2. The predicted molar refractivity (Wildman–Crippen MR) is 110 cm³/mol. The molecule has 1 aliphatic carbocycles.